The minimum Gasteiger partial charge on any atom is -0.465 e. The van der Waals surface area contributed by atoms with Crippen molar-refractivity contribution in [2.24, 2.45) is 4.99 Å². The molecule has 0 spiro atoms. The van der Waals surface area contributed by atoms with E-state index in [4.69, 9.17) is 4.42 Å². The van der Waals surface area contributed by atoms with E-state index in [-0.39, 0.29) is 24.0 Å². The number of furan rings is 1. The molecule has 1 unspecified atom stereocenters. The van der Waals surface area contributed by atoms with Crippen LogP contribution in [-0.2, 0) is 0 Å². The maximum Gasteiger partial charge on any atom is 0.193 e. The molecule has 0 bridgehead atoms. The lowest BCUT2D eigenvalue weighted by Crippen LogP contribution is -2.43. The number of nitrogens with one attached hydrogen (secondary N) is 1. The Balaban J connectivity index is 0.00000192. The average Bonchev–Trinajstić information content (AvgIpc) is 3.26. The van der Waals surface area contributed by atoms with Gasteiger partial charge in [0.2, 0.25) is 0 Å². The number of guanidine groups is 1. The minimum atomic E-state index is 0. The van der Waals surface area contributed by atoms with Gasteiger partial charge in [-0.15, -0.1) is 24.0 Å². The summed E-state index contributed by atoms with van der Waals surface area (Å²) >= 11 is 0. The van der Waals surface area contributed by atoms with Crippen LogP contribution >= 0.6 is 24.0 Å². The zero-order valence-electron chi connectivity index (χ0n) is 14.3. The number of likely N-dealkylation sites (tertiary alicyclic amines) is 2. The van der Waals surface area contributed by atoms with Gasteiger partial charge in [0.15, 0.2) is 5.96 Å². The number of aliphatic imine (C=N–C) groups is 1. The molecular weight excluding hydrogens is 403 g/mol. The molecule has 0 aromatic carbocycles. The van der Waals surface area contributed by atoms with E-state index in [0.29, 0.717) is 6.04 Å². The fourth-order valence-corrected chi connectivity index (χ4v) is 3.54. The van der Waals surface area contributed by atoms with Gasteiger partial charge in [-0.25, -0.2) is 0 Å². The highest BCUT2D eigenvalue weighted by Crippen LogP contribution is 2.26. The Kier molecular flexibility index (Phi) is 7.20. The van der Waals surface area contributed by atoms with Crippen LogP contribution in [0, 0.1) is 6.92 Å². The summed E-state index contributed by atoms with van der Waals surface area (Å²) in [4.78, 5) is 9.34. The van der Waals surface area contributed by atoms with E-state index in [1.807, 2.05) is 14.0 Å². The van der Waals surface area contributed by atoms with Gasteiger partial charge >= 0.3 is 0 Å². The quantitative estimate of drug-likeness (QED) is 0.452. The van der Waals surface area contributed by atoms with Gasteiger partial charge in [0.05, 0.1) is 6.04 Å². The Bertz CT molecular complexity index is 504. The van der Waals surface area contributed by atoms with Gasteiger partial charge in [-0.2, -0.15) is 0 Å². The van der Waals surface area contributed by atoms with E-state index in [0.717, 1.165) is 50.2 Å². The van der Waals surface area contributed by atoms with Crippen LogP contribution in [0.5, 0.6) is 0 Å². The van der Waals surface area contributed by atoms with Crippen molar-refractivity contribution in [3.63, 3.8) is 0 Å². The summed E-state index contributed by atoms with van der Waals surface area (Å²) in [6, 6.07) is 4.49. The molecule has 1 aromatic rings. The Hall–Kier alpha value is -0.760. The van der Waals surface area contributed by atoms with Crippen molar-refractivity contribution in [2.75, 3.05) is 39.8 Å². The second kappa shape index (κ2) is 8.92. The van der Waals surface area contributed by atoms with Crippen molar-refractivity contribution in [3.05, 3.63) is 23.7 Å². The molecule has 0 amide bonds. The largest absolute Gasteiger partial charge is 0.465 e. The summed E-state index contributed by atoms with van der Waals surface area (Å²) in [5.41, 5.74) is 0. The first-order valence-electron chi connectivity index (χ1n) is 8.54. The van der Waals surface area contributed by atoms with E-state index in [9.17, 15) is 0 Å². The van der Waals surface area contributed by atoms with Crippen LogP contribution in [0.4, 0.5) is 0 Å². The highest BCUT2D eigenvalue weighted by Gasteiger charge is 2.27. The predicted molar refractivity (Wildman–Crippen MR) is 105 cm³/mol. The molecule has 6 heteroatoms. The predicted octanol–water partition coefficient (Wildman–Crippen LogP) is 3.01. The van der Waals surface area contributed by atoms with Crippen molar-refractivity contribution in [2.45, 2.75) is 38.6 Å². The molecule has 3 rings (SSSR count). The molecule has 130 valence electrons. The molecule has 0 radical (unpaired) electrons. The highest BCUT2D eigenvalue weighted by molar-refractivity contribution is 14.0. The number of hydrogen-bond donors (Lipinski definition) is 1. The van der Waals surface area contributed by atoms with Gasteiger partial charge in [-0.05, 0) is 57.8 Å². The van der Waals surface area contributed by atoms with Crippen LogP contribution in [0.2, 0.25) is 0 Å². The third-order valence-electron chi connectivity index (χ3n) is 4.74. The number of hydrogen-bond acceptors (Lipinski definition) is 3. The van der Waals surface area contributed by atoms with E-state index in [2.05, 4.69) is 32.2 Å². The molecule has 1 N–H and O–H groups in total. The third kappa shape index (κ3) is 4.62. The molecule has 5 nitrogen and oxygen atoms in total. The second-order valence-electron chi connectivity index (χ2n) is 6.33. The maximum absolute atomic E-state index is 5.91. The molecule has 2 saturated heterocycles. The molecule has 3 heterocycles. The maximum atomic E-state index is 5.91. The topological polar surface area (TPSA) is 44.0 Å². The second-order valence-corrected chi connectivity index (χ2v) is 6.33. The summed E-state index contributed by atoms with van der Waals surface area (Å²) in [5.74, 6) is 3.09. The Morgan fingerprint density at radius 2 is 1.83 bits per heavy atom. The normalized spacial score (nSPS) is 20.6. The van der Waals surface area contributed by atoms with Crippen LogP contribution in [0.15, 0.2) is 21.5 Å². The zero-order chi connectivity index (χ0) is 15.4. The minimum absolute atomic E-state index is 0. The summed E-state index contributed by atoms with van der Waals surface area (Å²) in [6.45, 7) is 7.43. The third-order valence-corrected chi connectivity index (χ3v) is 4.74. The molecule has 1 atom stereocenters. The molecule has 2 fully saturated rings. The van der Waals surface area contributed by atoms with E-state index < -0.39 is 0 Å². The van der Waals surface area contributed by atoms with Gasteiger partial charge in [-0.3, -0.25) is 9.89 Å². The zero-order valence-corrected chi connectivity index (χ0v) is 16.6. The molecule has 2 aliphatic heterocycles. The first-order valence-corrected chi connectivity index (χ1v) is 8.54. The standard InChI is InChI=1S/C17H28N4O.HI/c1-14-7-8-16(22-14)15(20-9-3-4-10-20)13-19-17(18-2)21-11-5-6-12-21;/h7-8,15H,3-6,9-13H2,1-2H3,(H,18,19);1H. The van der Waals surface area contributed by atoms with E-state index >= 15 is 0 Å². The number of halogens is 1. The lowest BCUT2D eigenvalue weighted by atomic mass is 10.2. The lowest BCUT2D eigenvalue weighted by molar-refractivity contribution is 0.212. The van der Waals surface area contributed by atoms with Crippen molar-refractivity contribution in [3.8, 4) is 0 Å². The molecule has 2 aliphatic rings. The van der Waals surface area contributed by atoms with Gasteiger partial charge in [-0.1, -0.05) is 0 Å². The Morgan fingerprint density at radius 1 is 1.17 bits per heavy atom. The van der Waals surface area contributed by atoms with Gasteiger partial charge in [0, 0.05) is 26.7 Å². The van der Waals surface area contributed by atoms with Gasteiger partial charge in [0.25, 0.3) is 0 Å². The van der Waals surface area contributed by atoms with Crippen molar-refractivity contribution >= 4 is 29.9 Å². The van der Waals surface area contributed by atoms with Crippen molar-refractivity contribution < 1.29 is 4.42 Å². The van der Waals surface area contributed by atoms with Crippen LogP contribution < -0.4 is 5.32 Å². The van der Waals surface area contributed by atoms with Crippen LogP contribution in [0.3, 0.4) is 0 Å². The summed E-state index contributed by atoms with van der Waals surface area (Å²) in [6.07, 6.45) is 5.12. The number of nitrogens with zero attached hydrogens (tertiary/aromatic N) is 3. The molecular formula is C17H29IN4O. The van der Waals surface area contributed by atoms with Crippen LogP contribution in [-0.4, -0.2) is 55.5 Å². The summed E-state index contributed by atoms with van der Waals surface area (Å²) < 4.78 is 5.91. The molecule has 1 aromatic heterocycles. The first-order chi connectivity index (χ1) is 10.8. The monoisotopic (exact) mass is 432 g/mol. The number of aryl methyl sites for hydroxylation is 1. The smallest absolute Gasteiger partial charge is 0.193 e. The van der Waals surface area contributed by atoms with Gasteiger partial charge in [0.1, 0.15) is 11.5 Å². The lowest BCUT2D eigenvalue weighted by Gasteiger charge is -2.28. The average molecular weight is 432 g/mol. The highest BCUT2D eigenvalue weighted by atomic mass is 127. The van der Waals surface area contributed by atoms with Crippen molar-refractivity contribution in [1.82, 2.24) is 15.1 Å². The van der Waals surface area contributed by atoms with Crippen molar-refractivity contribution in [1.29, 1.82) is 0 Å². The SMILES string of the molecule is CN=C(NCC(c1ccc(C)o1)N1CCCC1)N1CCCC1.I. The number of rotatable bonds is 4. The fraction of sp³-hybridized carbons (Fsp3) is 0.706. The Labute approximate surface area is 156 Å². The van der Waals surface area contributed by atoms with Gasteiger partial charge < -0.3 is 14.6 Å². The molecule has 0 aliphatic carbocycles. The summed E-state index contributed by atoms with van der Waals surface area (Å²) in [5, 5.41) is 3.57. The van der Waals surface area contributed by atoms with Crippen LogP contribution in [0.25, 0.3) is 0 Å². The van der Waals surface area contributed by atoms with E-state index in [1.165, 1.54) is 25.7 Å². The van der Waals surface area contributed by atoms with E-state index in [1.54, 1.807) is 0 Å². The molecule has 23 heavy (non-hydrogen) atoms. The Morgan fingerprint density at radius 3 is 2.39 bits per heavy atom. The summed E-state index contributed by atoms with van der Waals surface area (Å²) in [7, 11) is 1.88. The fourth-order valence-electron chi connectivity index (χ4n) is 3.54. The molecule has 0 saturated carbocycles. The first kappa shape index (κ1) is 18.6. The van der Waals surface area contributed by atoms with Crippen LogP contribution in [0.1, 0.15) is 43.2 Å².